The van der Waals surface area contributed by atoms with Crippen LogP contribution in [-0.2, 0) is 7.05 Å². The Morgan fingerprint density at radius 3 is 2.82 bits per heavy atom. The fourth-order valence-electron chi connectivity index (χ4n) is 2.47. The Bertz CT molecular complexity index is 955. The molecule has 0 saturated heterocycles. The van der Waals surface area contributed by atoms with Gasteiger partial charge in [0, 0.05) is 42.3 Å². The highest BCUT2D eigenvalue weighted by Gasteiger charge is 2.16. The number of aryl methyl sites for hydroxylation is 2. The number of rotatable bonds is 2. The van der Waals surface area contributed by atoms with Gasteiger partial charge in [0.15, 0.2) is 5.58 Å². The topological polar surface area (TPSA) is 69.6 Å². The Morgan fingerprint density at radius 1 is 1.18 bits per heavy atom. The molecule has 0 spiro atoms. The zero-order valence-corrected chi connectivity index (χ0v) is 12.2. The molecule has 0 amide bonds. The quantitative estimate of drug-likeness (QED) is 0.568. The molecular formula is C16H13N5O. The highest BCUT2D eigenvalue weighted by atomic mass is 16.5. The van der Waals surface area contributed by atoms with Gasteiger partial charge >= 0.3 is 0 Å². The van der Waals surface area contributed by atoms with Crippen molar-refractivity contribution in [3.63, 3.8) is 0 Å². The summed E-state index contributed by atoms with van der Waals surface area (Å²) in [6, 6.07) is 5.86. The molecule has 0 aromatic carbocycles. The third kappa shape index (κ3) is 1.96. The van der Waals surface area contributed by atoms with Crippen molar-refractivity contribution in [1.82, 2.24) is 24.9 Å². The minimum atomic E-state index is 0.679. The summed E-state index contributed by atoms with van der Waals surface area (Å²) >= 11 is 0. The predicted octanol–water partition coefficient (Wildman–Crippen LogP) is 2.99. The molecule has 6 heteroatoms. The summed E-state index contributed by atoms with van der Waals surface area (Å²) in [4.78, 5) is 8.84. The monoisotopic (exact) mass is 291 g/mol. The second-order valence-electron chi connectivity index (χ2n) is 5.15. The first-order chi connectivity index (χ1) is 10.7. The maximum absolute atomic E-state index is 5.47. The van der Waals surface area contributed by atoms with E-state index < -0.39 is 0 Å². The van der Waals surface area contributed by atoms with Crippen molar-refractivity contribution in [2.75, 3.05) is 0 Å². The van der Waals surface area contributed by atoms with Crippen molar-refractivity contribution < 1.29 is 4.52 Å². The first kappa shape index (κ1) is 12.7. The average molecular weight is 291 g/mol. The highest BCUT2D eigenvalue weighted by Crippen LogP contribution is 2.32. The Kier molecular flexibility index (Phi) is 2.75. The van der Waals surface area contributed by atoms with Crippen LogP contribution in [-0.4, -0.2) is 24.9 Å². The van der Waals surface area contributed by atoms with Crippen molar-refractivity contribution in [2.45, 2.75) is 6.92 Å². The van der Waals surface area contributed by atoms with Crippen LogP contribution < -0.4 is 0 Å². The zero-order chi connectivity index (χ0) is 15.1. The molecular weight excluding hydrogens is 278 g/mol. The van der Waals surface area contributed by atoms with Crippen LogP contribution in [0.5, 0.6) is 0 Å². The van der Waals surface area contributed by atoms with Gasteiger partial charge < -0.3 is 4.52 Å². The molecule has 4 aromatic heterocycles. The van der Waals surface area contributed by atoms with Gasteiger partial charge in [-0.05, 0) is 25.1 Å². The van der Waals surface area contributed by atoms with Gasteiger partial charge in [0.1, 0.15) is 11.2 Å². The van der Waals surface area contributed by atoms with Crippen molar-refractivity contribution in [1.29, 1.82) is 0 Å². The van der Waals surface area contributed by atoms with E-state index in [1.54, 1.807) is 23.3 Å². The first-order valence-electron chi connectivity index (χ1n) is 6.89. The maximum atomic E-state index is 5.47. The molecule has 0 aliphatic heterocycles. The molecule has 0 unspecified atom stereocenters. The van der Waals surface area contributed by atoms with Gasteiger partial charge in [-0.3, -0.25) is 9.67 Å². The van der Waals surface area contributed by atoms with Gasteiger partial charge in [-0.15, -0.1) is 0 Å². The lowest BCUT2D eigenvalue weighted by Crippen LogP contribution is -1.89. The summed E-state index contributed by atoms with van der Waals surface area (Å²) in [5.74, 6) is 0. The average Bonchev–Trinajstić information content (AvgIpc) is 3.14. The van der Waals surface area contributed by atoms with Crippen LogP contribution in [0.1, 0.15) is 5.69 Å². The van der Waals surface area contributed by atoms with Crippen LogP contribution in [0.2, 0.25) is 0 Å². The molecule has 4 rings (SSSR count). The molecule has 0 aliphatic carbocycles. The van der Waals surface area contributed by atoms with Gasteiger partial charge in [-0.25, -0.2) is 4.98 Å². The number of aromatic nitrogens is 5. The lowest BCUT2D eigenvalue weighted by atomic mass is 10.1. The van der Waals surface area contributed by atoms with Gasteiger partial charge in [0.2, 0.25) is 0 Å². The predicted molar refractivity (Wildman–Crippen MR) is 82.0 cm³/mol. The number of fused-ring (bicyclic) bond motifs is 1. The fraction of sp³-hybridized carbons (Fsp3) is 0.125. The molecule has 0 saturated carbocycles. The Morgan fingerprint density at radius 2 is 2.09 bits per heavy atom. The molecule has 22 heavy (non-hydrogen) atoms. The van der Waals surface area contributed by atoms with E-state index in [9.17, 15) is 0 Å². The first-order valence-corrected chi connectivity index (χ1v) is 6.89. The second-order valence-corrected chi connectivity index (χ2v) is 5.15. The molecule has 0 N–H and O–H groups in total. The third-order valence-electron chi connectivity index (χ3n) is 3.56. The molecule has 4 heterocycles. The normalized spacial score (nSPS) is 11.2. The van der Waals surface area contributed by atoms with Crippen LogP contribution in [0, 0.1) is 6.92 Å². The molecule has 0 radical (unpaired) electrons. The molecule has 108 valence electrons. The molecule has 0 aliphatic rings. The Labute approximate surface area is 126 Å². The number of hydrogen-bond acceptors (Lipinski definition) is 5. The van der Waals surface area contributed by atoms with E-state index in [2.05, 4.69) is 20.2 Å². The molecule has 0 bridgehead atoms. The van der Waals surface area contributed by atoms with Crippen LogP contribution >= 0.6 is 0 Å². The van der Waals surface area contributed by atoms with Gasteiger partial charge in [-0.2, -0.15) is 5.10 Å². The number of pyridine rings is 2. The van der Waals surface area contributed by atoms with Crippen molar-refractivity contribution >= 4 is 11.1 Å². The Hall–Kier alpha value is -3.02. The molecule has 0 atom stereocenters. The lowest BCUT2D eigenvalue weighted by Gasteiger charge is -2.04. The number of hydrogen-bond donors (Lipinski definition) is 0. The van der Waals surface area contributed by atoms with Crippen LogP contribution in [0.3, 0.4) is 0 Å². The third-order valence-corrected chi connectivity index (χ3v) is 3.56. The summed E-state index contributed by atoms with van der Waals surface area (Å²) in [5.41, 5.74) is 5.90. The Balaban J connectivity index is 2.02. The summed E-state index contributed by atoms with van der Waals surface area (Å²) in [6.07, 6.45) is 7.29. The van der Waals surface area contributed by atoms with E-state index >= 15 is 0 Å². The summed E-state index contributed by atoms with van der Waals surface area (Å²) < 4.78 is 7.23. The minimum Gasteiger partial charge on any atom is -0.354 e. The van der Waals surface area contributed by atoms with E-state index in [1.807, 2.05) is 38.4 Å². The summed E-state index contributed by atoms with van der Waals surface area (Å²) in [6.45, 7) is 1.89. The van der Waals surface area contributed by atoms with E-state index in [4.69, 9.17) is 4.52 Å². The lowest BCUT2D eigenvalue weighted by molar-refractivity contribution is 0.451. The van der Waals surface area contributed by atoms with Crippen LogP contribution in [0.4, 0.5) is 0 Å². The minimum absolute atomic E-state index is 0.679. The van der Waals surface area contributed by atoms with E-state index in [1.165, 1.54) is 0 Å². The number of nitrogens with zero attached hydrogens (tertiary/aromatic N) is 5. The second kappa shape index (κ2) is 4.77. The van der Waals surface area contributed by atoms with E-state index in [-0.39, 0.29) is 0 Å². The maximum Gasteiger partial charge on any atom is 0.193 e. The molecule has 4 aromatic rings. The van der Waals surface area contributed by atoms with E-state index in [0.717, 1.165) is 33.6 Å². The van der Waals surface area contributed by atoms with Gasteiger partial charge in [-0.1, -0.05) is 5.16 Å². The van der Waals surface area contributed by atoms with Gasteiger partial charge in [0.05, 0.1) is 11.9 Å². The highest BCUT2D eigenvalue weighted by molar-refractivity contribution is 5.93. The molecule has 0 fully saturated rings. The van der Waals surface area contributed by atoms with Crippen LogP contribution in [0.25, 0.3) is 33.5 Å². The summed E-state index contributed by atoms with van der Waals surface area (Å²) in [7, 11) is 1.88. The van der Waals surface area contributed by atoms with Crippen molar-refractivity contribution in [3.05, 3.63) is 48.7 Å². The van der Waals surface area contributed by atoms with E-state index in [0.29, 0.717) is 5.58 Å². The zero-order valence-electron chi connectivity index (χ0n) is 12.2. The van der Waals surface area contributed by atoms with Gasteiger partial charge in [0.25, 0.3) is 0 Å². The molecule has 6 nitrogen and oxygen atoms in total. The van der Waals surface area contributed by atoms with Crippen LogP contribution in [0.15, 0.2) is 47.5 Å². The van der Waals surface area contributed by atoms with Crippen molar-refractivity contribution in [2.24, 2.45) is 7.05 Å². The smallest absolute Gasteiger partial charge is 0.193 e. The van der Waals surface area contributed by atoms with Crippen molar-refractivity contribution in [3.8, 4) is 22.4 Å². The fourth-order valence-corrected chi connectivity index (χ4v) is 2.47. The standard InChI is InChI=1S/C16H13N5O/c1-10-15-16(22-20-10)13(12-8-18-21(2)9-12)6-14(19-15)11-4-3-5-17-7-11/h3-9H,1-2H3. The largest absolute Gasteiger partial charge is 0.354 e. The summed E-state index contributed by atoms with van der Waals surface area (Å²) in [5, 5.41) is 8.27. The SMILES string of the molecule is Cc1noc2c(-c3cnn(C)c3)cc(-c3cccnc3)nc12.